The van der Waals surface area contributed by atoms with E-state index in [1.165, 1.54) is 18.9 Å². The SMILES string of the molecule is Fc1ccc(-c2sccc2Cl)cc1CNC1CC1. The van der Waals surface area contributed by atoms with Crippen LogP contribution in [0.5, 0.6) is 0 Å². The van der Waals surface area contributed by atoms with Gasteiger partial charge in [-0.1, -0.05) is 17.7 Å². The van der Waals surface area contributed by atoms with Crippen molar-refractivity contribution in [3.63, 3.8) is 0 Å². The van der Waals surface area contributed by atoms with Gasteiger partial charge >= 0.3 is 0 Å². The van der Waals surface area contributed by atoms with E-state index < -0.39 is 0 Å². The van der Waals surface area contributed by atoms with E-state index in [2.05, 4.69) is 5.32 Å². The molecule has 1 aliphatic carbocycles. The molecule has 0 radical (unpaired) electrons. The molecule has 3 rings (SSSR count). The van der Waals surface area contributed by atoms with E-state index in [0.717, 1.165) is 15.5 Å². The van der Waals surface area contributed by atoms with Crippen LogP contribution in [0, 0.1) is 5.82 Å². The quantitative estimate of drug-likeness (QED) is 0.872. The van der Waals surface area contributed by atoms with Gasteiger partial charge in [-0.3, -0.25) is 0 Å². The first kappa shape index (κ1) is 12.2. The average molecular weight is 282 g/mol. The van der Waals surface area contributed by atoms with Gasteiger partial charge in [0.05, 0.1) is 9.90 Å². The lowest BCUT2D eigenvalue weighted by Crippen LogP contribution is -2.16. The van der Waals surface area contributed by atoms with Crippen molar-refractivity contribution in [2.24, 2.45) is 0 Å². The Morgan fingerprint density at radius 3 is 2.83 bits per heavy atom. The lowest BCUT2D eigenvalue weighted by atomic mass is 10.1. The molecule has 0 aliphatic heterocycles. The Labute approximate surface area is 115 Å². The largest absolute Gasteiger partial charge is 0.310 e. The van der Waals surface area contributed by atoms with Gasteiger partial charge in [0.15, 0.2) is 0 Å². The van der Waals surface area contributed by atoms with Crippen molar-refractivity contribution in [2.75, 3.05) is 0 Å². The van der Waals surface area contributed by atoms with Gasteiger partial charge in [-0.15, -0.1) is 11.3 Å². The fourth-order valence-corrected chi connectivity index (χ4v) is 3.06. The normalized spacial score (nSPS) is 15.0. The molecular weight excluding hydrogens is 269 g/mol. The maximum Gasteiger partial charge on any atom is 0.127 e. The summed E-state index contributed by atoms with van der Waals surface area (Å²) in [6.07, 6.45) is 2.41. The van der Waals surface area contributed by atoms with E-state index in [-0.39, 0.29) is 5.82 Å². The predicted octanol–water partition coefficient (Wildman–Crippen LogP) is 4.46. The molecule has 0 spiro atoms. The zero-order chi connectivity index (χ0) is 12.5. The summed E-state index contributed by atoms with van der Waals surface area (Å²) in [5.74, 6) is -0.153. The molecule has 1 aromatic carbocycles. The van der Waals surface area contributed by atoms with Crippen LogP contribution in [0.15, 0.2) is 29.6 Å². The second kappa shape index (κ2) is 5.00. The monoisotopic (exact) mass is 281 g/mol. The molecule has 0 amide bonds. The Bertz CT molecular complexity index is 563. The minimum atomic E-state index is -0.153. The minimum absolute atomic E-state index is 0.153. The van der Waals surface area contributed by atoms with Crippen LogP contribution in [0.3, 0.4) is 0 Å². The fourth-order valence-electron chi connectivity index (χ4n) is 1.89. The van der Waals surface area contributed by atoms with Crippen LogP contribution in [0.2, 0.25) is 5.02 Å². The highest BCUT2D eigenvalue weighted by Gasteiger charge is 2.20. The molecule has 0 bridgehead atoms. The molecule has 4 heteroatoms. The van der Waals surface area contributed by atoms with Gasteiger partial charge in [0.2, 0.25) is 0 Å². The van der Waals surface area contributed by atoms with Crippen LogP contribution in [0.1, 0.15) is 18.4 Å². The molecule has 1 saturated carbocycles. The van der Waals surface area contributed by atoms with Gasteiger partial charge < -0.3 is 5.32 Å². The summed E-state index contributed by atoms with van der Waals surface area (Å²) in [6.45, 7) is 0.591. The Balaban J connectivity index is 1.87. The van der Waals surface area contributed by atoms with Gasteiger partial charge in [0.25, 0.3) is 0 Å². The molecule has 18 heavy (non-hydrogen) atoms. The van der Waals surface area contributed by atoms with Crippen molar-refractivity contribution in [3.8, 4) is 10.4 Å². The number of benzene rings is 1. The summed E-state index contributed by atoms with van der Waals surface area (Å²) in [5.41, 5.74) is 1.70. The summed E-state index contributed by atoms with van der Waals surface area (Å²) in [6, 6.07) is 7.65. The second-order valence-electron chi connectivity index (χ2n) is 4.56. The van der Waals surface area contributed by atoms with Crippen molar-refractivity contribution >= 4 is 22.9 Å². The zero-order valence-electron chi connectivity index (χ0n) is 9.75. The van der Waals surface area contributed by atoms with E-state index in [0.29, 0.717) is 18.2 Å². The third-order valence-electron chi connectivity index (χ3n) is 3.08. The topological polar surface area (TPSA) is 12.0 Å². The Morgan fingerprint density at radius 1 is 1.33 bits per heavy atom. The van der Waals surface area contributed by atoms with Crippen LogP contribution in [0.4, 0.5) is 4.39 Å². The number of hydrogen-bond acceptors (Lipinski definition) is 2. The minimum Gasteiger partial charge on any atom is -0.310 e. The van der Waals surface area contributed by atoms with Gasteiger partial charge in [-0.25, -0.2) is 4.39 Å². The molecule has 1 aromatic heterocycles. The summed E-state index contributed by atoms with van der Waals surface area (Å²) in [4.78, 5) is 1.00. The first-order chi connectivity index (χ1) is 8.74. The highest BCUT2D eigenvalue weighted by atomic mass is 35.5. The molecule has 94 valence electrons. The van der Waals surface area contributed by atoms with E-state index in [4.69, 9.17) is 11.6 Å². The van der Waals surface area contributed by atoms with Crippen molar-refractivity contribution in [3.05, 3.63) is 46.0 Å². The number of hydrogen-bond donors (Lipinski definition) is 1. The first-order valence-electron chi connectivity index (χ1n) is 5.99. The van der Waals surface area contributed by atoms with Gasteiger partial charge in [-0.2, -0.15) is 0 Å². The van der Waals surface area contributed by atoms with Crippen LogP contribution in [-0.4, -0.2) is 6.04 Å². The van der Waals surface area contributed by atoms with Crippen LogP contribution >= 0.6 is 22.9 Å². The van der Waals surface area contributed by atoms with E-state index in [1.807, 2.05) is 17.5 Å². The molecular formula is C14H13ClFNS. The van der Waals surface area contributed by atoms with Crippen molar-refractivity contribution < 1.29 is 4.39 Å². The smallest absolute Gasteiger partial charge is 0.127 e. The van der Waals surface area contributed by atoms with Crippen LogP contribution < -0.4 is 5.32 Å². The molecule has 1 aliphatic rings. The number of thiophene rings is 1. The molecule has 0 unspecified atom stereocenters. The van der Waals surface area contributed by atoms with Gasteiger partial charge in [0.1, 0.15) is 5.82 Å². The third kappa shape index (κ3) is 2.58. The lowest BCUT2D eigenvalue weighted by molar-refractivity contribution is 0.587. The lowest BCUT2D eigenvalue weighted by Gasteiger charge is -2.07. The Morgan fingerprint density at radius 2 is 2.17 bits per heavy atom. The molecule has 2 aromatic rings. The number of halogens is 2. The molecule has 1 fully saturated rings. The molecule has 1 N–H and O–H groups in total. The standard InChI is InChI=1S/C14H13ClFNS/c15-12-5-6-18-14(12)9-1-4-13(16)10(7-9)8-17-11-2-3-11/h1,4-7,11,17H,2-3,8H2. The summed E-state index contributed by atoms with van der Waals surface area (Å²) in [7, 11) is 0. The van der Waals surface area contributed by atoms with Gasteiger partial charge in [0, 0.05) is 18.2 Å². The Kier molecular flexibility index (Phi) is 3.37. The molecule has 1 nitrogen and oxygen atoms in total. The first-order valence-corrected chi connectivity index (χ1v) is 7.25. The molecule has 1 heterocycles. The van der Waals surface area contributed by atoms with Crippen molar-refractivity contribution in [2.45, 2.75) is 25.4 Å². The summed E-state index contributed by atoms with van der Waals surface area (Å²) < 4.78 is 13.7. The molecule has 0 atom stereocenters. The fraction of sp³-hybridized carbons (Fsp3) is 0.286. The van der Waals surface area contributed by atoms with Crippen molar-refractivity contribution in [1.29, 1.82) is 0 Å². The van der Waals surface area contributed by atoms with E-state index >= 15 is 0 Å². The highest BCUT2D eigenvalue weighted by molar-refractivity contribution is 7.14. The predicted molar refractivity (Wildman–Crippen MR) is 74.6 cm³/mol. The average Bonchev–Trinajstić information content (AvgIpc) is 3.10. The zero-order valence-corrected chi connectivity index (χ0v) is 11.3. The van der Waals surface area contributed by atoms with Crippen molar-refractivity contribution in [1.82, 2.24) is 5.32 Å². The Hall–Kier alpha value is -0.900. The second-order valence-corrected chi connectivity index (χ2v) is 5.88. The van der Waals surface area contributed by atoms with E-state index in [1.54, 1.807) is 17.4 Å². The van der Waals surface area contributed by atoms with E-state index in [9.17, 15) is 4.39 Å². The van der Waals surface area contributed by atoms with Crippen LogP contribution in [-0.2, 0) is 6.54 Å². The summed E-state index contributed by atoms with van der Waals surface area (Å²) >= 11 is 7.68. The number of rotatable bonds is 4. The van der Waals surface area contributed by atoms with Crippen LogP contribution in [0.25, 0.3) is 10.4 Å². The maximum atomic E-state index is 13.7. The maximum absolute atomic E-state index is 13.7. The third-order valence-corrected chi connectivity index (χ3v) is 4.47. The number of nitrogens with one attached hydrogen (secondary N) is 1. The highest BCUT2D eigenvalue weighted by Crippen LogP contribution is 2.34. The van der Waals surface area contributed by atoms with Gasteiger partial charge in [-0.05, 0) is 42.0 Å². The molecule has 0 saturated heterocycles. The summed E-state index contributed by atoms with van der Waals surface area (Å²) in [5, 5.41) is 6.01.